The van der Waals surface area contributed by atoms with Crippen LogP contribution in [0.15, 0.2) is 24.9 Å². The first kappa shape index (κ1) is 10.4. The van der Waals surface area contributed by atoms with Crippen LogP contribution in [0.1, 0.15) is 5.56 Å². The van der Waals surface area contributed by atoms with E-state index in [9.17, 15) is 0 Å². The topological polar surface area (TPSA) is 17.8 Å². The molecule has 1 aromatic heterocycles. The zero-order chi connectivity index (χ0) is 10.1. The van der Waals surface area contributed by atoms with Gasteiger partial charge in [-0.25, -0.2) is 4.45 Å². The van der Waals surface area contributed by atoms with Gasteiger partial charge in [0.25, 0.3) is 0 Å². The smallest absolute Gasteiger partial charge is 0.0736 e. The van der Waals surface area contributed by atoms with Crippen molar-refractivity contribution in [3.63, 3.8) is 0 Å². The quantitative estimate of drug-likeness (QED) is 0.596. The first-order chi connectivity index (χ1) is 6.76. The molecule has 0 saturated carbocycles. The fourth-order valence-electron chi connectivity index (χ4n) is 1.29. The third-order valence-corrected chi connectivity index (χ3v) is 4.20. The maximum atomic E-state index is 6.05. The second-order valence-corrected chi connectivity index (χ2v) is 5.22. The van der Waals surface area contributed by atoms with E-state index in [1.54, 1.807) is 6.08 Å². The first-order valence-electron chi connectivity index (χ1n) is 3.92. The van der Waals surface area contributed by atoms with Crippen molar-refractivity contribution in [2.45, 2.75) is 0 Å². The van der Waals surface area contributed by atoms with Crippen LogP contribution in [0.2, 0.25) is 5.02 Å². The Bertz CT molecular complexity index is 495. The number of fused-ring (bicyclic) bond motifs is 1. The van der Waals surface area contributed by atoms with E-state index in [1.807, 2.05) is 22.8 Å². The van der Waals surface area contributed by atoms with Crippen LogP contribution in [0.4, 0.5) is 0 Å². The van der Waals surface area contributed by atoms with E-state index in [2.05, 4.69) is 33.7 Å². The molecule has 1 aromatic carbocycles. The molecule has 0 bridgehead atoms. The second kappa shape index (κ2) is 4.17. The zero-order valence-corrected chi connectivity index (χ0v) is 11.1. The molecule has 2 rings (SSSR count). The molecule has 0 amide bonds. The number of hydrogen-bond acceptors (Lipinski definition) is 1. The molecule has 1 atom stereocenters. The molecule has 0 radical (unpaired) electrons. The average Bonchev–Trinajstić information content (AvgIpc) is 2.58. The van der Waals surface area contributed by atoms with Gasteiger partial charge < -0.3 is 0 Å². The number of halogens is 2. The van der Waals surface area contributed by atoms with Gasteiger partial charge in [-0.3, -0.25) is 0 Å². The molecule has 5 heteroatoms. The Balaban J connectivity index is 2.76. The lowest BCUT2D eigenvalue weighted by atomic mass is 10.2. The molecule has 0 aliphatic carbocycles. The molecule has 0 fully saturated rings. The molecule has 0 aliphatic rings. The molecular formula is C9H7ClIN2P. The van der Waals surface area contributed by atoms with Crippen LogP contribution in [0, 0.1) is 0 Å². The van der Waals surface area contributed by atoms with Gasteiger partial charge in [0.1, 0.15) is 0 Å². The lowest BCUT2D eigenvalue weighted by Crippen LogP contribution is -1.83. The van der Waals surface area contributed by atoms with Crippen molar-refractivity contribution in [3.05, 3.63) is 35.5 Å². The number of benzene rings is 1. The molecule has 14 heavy (non-hydrogen) atoms. The standard InChI is InChI=1S/C9H7ClIN2P/c1-2-6-4-9-7(3-8(6)10)5-12-13(9)14-11/h2-5,14H,1H2. The first-order valence-corrected chi connectivity index (χ1v) is 8.36. The summed E-state index contributed by atoms with van der Waals surface area (Å²) < 4.78 is 1.96. The molecular weight excluding hydrogens is 329 g/mol. The van der Waals surface area contributed by atoms with E-state index in [1.165, 1.54) is 0 Å². The Morgan fingerprint density at radius 3 is 3.00 bits per heavy atom. The van der Waals surface area contributed by atoms with Gasteiger partial charge in [-0.05, 0) is 39.7 Å². The number of rotatable bonds is 2. The highest BCUT2D eigenvalue weighted by atomic mass is 127. The van der Waals surface area contributed by atoms with Crippen molar-refractivity contribution in [2.24, 2.45) is 0 Å². The van der Waals surface area contributed by atoms with Crippen LogP contribution in [0.3, 0.4) is 0 Å². The van der Waals surface area contributed by atoms with Gasteiger partial charge in [0.05, 0.1) is 18.1 Å². The highest BCUT2D eigenvalue weighted by Gasteiger charge is 2.05. The van der Waals surface area contributed by atoms with E-state index in [-0.39, 0.29) is 0 Å². The van der Waals surface area contributed by atoms with Crippen molar-refractivity contribution >= 4 is 57.0 Å². The molecule has 0 N–H and O–H groups in total. The molecule has 0 aliphatic heterocycles. The summed E-state index contributed by atoms with van der Waals surface area (Å²) in [5.41, 5.74) is 2.06. The zero-order valence-electron chi connectivity index (χ0n) is 7.17. The summed E-state index contributed by atoms with van der Waals surface area (Å²) >= 11 is 8.35. The van der Waals surface area contributed by atoms with Crippen molar-refractivity contribution < 1.29 is 0 Å². The summed E-state index contributed by atoms with van der Waals surface area (Å²) in [6.07, 6.45) is 4.19. The largest absolute Gasteiger partial charge is 0.237 e. The van der Waals surface area contributed by atoms with Gasteiger partial charge in [0.2, 0.25) is 0 Å². The lowest BCUT2D eigenvalue weighted by Gasteiger charge is -2.00. The van der Waals surface area contributed by atoms with Gasteiger partial charge in [-0.1, -0.05) is 24.3 Å². The minimum atomic E-state index is 0.601. The Hall–Kier alpha value is -0.120. The van der Waals surface area contributed by atoms with E-state index < -0.39 is 0 Å². The Kier molecular flexibility index (Phi) is 3.10. The summed E-state index contributed by atoms with van der Waals surface area (Å²) in [6, 6.07) is 3.94. The number of hydrogen-bond donors (Lipinski definition) is 0. The van der Waals surface area contributed by atoms with E-state index >= 15 is 0 Å². The monoisotopic (exact) mass is 336 g/mol. The molecule has 2 nitrogen and oxygen atoms in total. The second-order valence-electron chi connectivity index (χ2n) is 2.78. The molecule has 1 unspecified atom stereocenters. The molecule has 0 spiro atoms. The fourth-order valence-corrected chi connectivity index (χ4v) is 3.07. The Morgan fingerprint density at radius 1 is 1.57 bits per heavy atom. The minimum absolute atomic E-state index is 0.601. The average molecular weight is 336 g/mol. The van der Waals surface area contributed by atoms with Gasteiger partial charge in [0, 0.05) is 10.4 Å². The van der Waals surface area contributed by atoms with E-state index in [0.29, 0.717) is 6.37 Å². The SMILES string of the molecule is C=Cc1cc2c(cnn2PI)cc1Cl. The summed E-state index contributed by atoms with van der Waals surface area (Å²) in [6.45, 7) is 3.72. The van der Waals surface area contributed by atoms with Crippen LogP contribution in [0.25, 0.3) is 17.0 Å². The normalized spacial score (nSPS) is 11.6. The maximum Gasteiger partial charge on any atom is 0.0736 e. The third-order valence-electron chi connectivity index (χ3n) is 1.99. The van der Waals surface area contributed by atoms with Gasteiger partial charge in [-0.2, -0.15) is 5.10 Å². The van der Waals surface area contributed by atoms with Crippen LogP contribution in [-0.2, 0) is 0 Å². The predicted molar refractivity (Wildman–Crippen MR) is 72.6 cm³/mol. The Morgan fingerprint density at radius 2 is 2.36 bits per heavy atom. The molecule has 1 heterocycles. The third kappa shape index (κ3) is 1.69. The number of aromatic nitrogens is 2. The summed E-state index contributed by atoms with van der Waals surface area (Å²) in [7, 11) is 0. The Labute approximate surface area is 102 Å². The maximum absolute atomic E-state index is 6.05. The fraction of sp³-hybridized carbons (Fsp3) is 0. The van der Waals surface area contributed by atoms with E-state index in [4.69, 9.17) is 11.6 Å². The van der Waals surface area contributed by atoms with Crippen LogP contribution in [-0.4, -0.2) is 9.55 Å². The summed E-state index contributed by atoms with van der Waals surface area (Å²) in [4.78, 5) is 0. The van der Waals surface area contributed by atoms with Crippen molar-refractivity contribution in [1.29, 1.82) is 0 Å². The van der Waals surface area contributed by atoms with E-state index in [0.717, 1.165) is 21.5 Å². The molecule has 2 aromatic rings. The van der Waals surface area contributed by atoms with Crippen LogP contribution in [0.5, 0.6) is 0 Å². The molecule has 0 saturated heterocycles. The van der Waals surface area contributed by atoms with Crippen LogP contribution < -0.4 is 0 Å². The van der Waals surface area contributed by atoms with Crippen molar-refractivity contribution in [3.8, 4) is 0 Å². The number of nitrogens with zero attached hydrogens (tertiary/aromatic N) is 2. The van der Waals surface area contributed by atoms with Gasteiger partial charge >= 0.3 is 0 Å². The van der Waals surface area contributed by atoms with Gasteiger partial charge in [-0.15, -0.1) is 0 Å². The summed E-state index contributed by atoms with van der Waals surface area (Å²) in [5, 5.41) is 6.06. The highest BCUT2D eigenvalue weighted by molar-refractivity contribution is 14.2. The minimum Gasteiger partial charge on any atom is -0.237 e. The lowest BCUT2D eigenvalue weighted by molar-refractivity contribution is 1.04. The van der Waals surface area contributed by atoms with Gasteiger partial charge in [0.15, 0.2) is 0 Å². The van der Waals surface area contributed by atoms with Crippen molar-refractivity contribution in [2.75, 3.05) is 0 Å². The van der Waals surface area contributed by atoms with Crippen molar-refractivity contribution in [1.82, 2.24) is 9.55 Å². The molecule has 72 valence electrons. The highest BCUT2D eigenvalue weighted by Crippen LogP contribution is 2.31. The van der Waals surface area contributed by atoms with Crippen LogP contribution >= 0.6 is 40.0 Å². The summed E-state index contributed by atoms with van der Waals surface area (Å²) in [5.74, 6) is 0. The predicted octanol–water partition coefficient (Wildman–Crippen LogP) is 4.12.